The maximum Gasteiger partial charge on any atom is 0.246 e. The second-order valence-corrected chi connectivity index (χ2v) is 8.10. The molecule has 1 saturated heterocycles. The molecule has 0 N–H and O–H groups in total. The summed E-state index contributed by atoms with van der Waals surface area (Å²) in [6, 6.07) is 5.85. The van der Waals surface area contributed by atoms with Crippen LogP contribution in [0.15, 0.2) is 29.2 Å². The van der Waals surface area contributed by atoms with Crippen LogP contribution in [0.3, 0.4) is 0 Å². The fourth-order valence-corrected chi connectivity index (χ4v) is 5.03. The third-order valence-corrected chi connectivity index (χ3v) is 6.82. The molecule has 0 spiro atoms. The van der Waals surface area contributed by atoms with E-state index in [1.165, 1.54) is 16.4 Å². The first-order valence-electron chi connectivity index (χ1n) is 8.39. The molecule has 1 aromatic heterocycles. The molecule has 8 heteroatoms. The average Bonchev–Trinajstić information content (AvgIpc) is 2.90. The molecule has 0 unspecified atom stereocenters. The largest absolute Gasteiger partial charge is 0.301 e. The van der Waals surface area contributed by atoms with Gasteiger partial charge in [0.2, 0.25) is 10.0 Å². The summed E-state index contributed by atoms with van der Waals surface area (Å²) in [6.07, 6.45) is 0. The highest BCUT2D eigenvalue weighted by Crippen LogP contribution is 2.26. The van der Waals surface area contributed by atoms with Crippen LogP contribution in [-0.4, -0.2) is 60.1 Å². The number of benzene rings is 1. The Balaban J connectivity index is 1.96. The summed E-state index contributed by atoms with van der Waals surface area (Å²) >= 11 is 0. The van der Waals surface area contributed by atoms with Gasteiger partial charge in [-0.15, -0.1) is 0 Å². The standard InChI is InChI=1S/C17H23FN4O2S/c1-4-20-9-11-21(12-10-20)25(23,24)17-13(2)19-22(14(17)3)16-7-5-15(18)6-8-16/h5-8H,4,9-12H2,1-3H3. The molecule has 0 radical (unpaired) electrons. The van der Waals surface area contributed by atoms with Crippen LogP contribution in [0.1, 0.15) is 18.3 Å². The summed E-state index contributed by atoms with van der Waals surface area (Å²) in [5.41, 5.74) is 1.64. The SMILES string of the molecule is CCN1CCN(S(=O)(=O)c2c(C)nn(-c3ccc(F)cc3)c2C)CC1. The Labute approximate surface area is 147 Å². The molecule has 1 aliphatic heterocycles. The Bertz CT molecular complexity index is 854. The fourth-order valence-electron chi connectivity index (χ4n) is 3.25. The summed E-state index contributed by atoms with van der Waals surface area (Å²) < 4.78 is 42.5. The van der Waals surface area contributed by atoms with Crippen LogP contribution in [-0.2, 0) is 10.0 Å². The van der Waals surface area contributed by atoms with Gasteiger partial charge in [0.1, 0.15) is 10.7 Å². The summed E-state index contributed by atoms with van der Waals surface area (Å²) in [7, 11) is -3.60. The number of halogens is 1. The number of sulfonamides is 1. The number of rotatable bonds is 4. The van der Waals surface area contributed by atoms with Crippen LogP contribution in [0.4, 0.5) is 4.39 Å². The van der Waals surface area contributed by atoms with Crippen LogP contribution in [0.5, 0.6) is 0 Å². The lowest BCUT2D eigenvalue weighted by Crippen LogP contribution is -2.48. The van der Waals surface area contributed by atoms with E-state index in [1.54, 1.807) is 30.7 Å². The van der Waals surface area contributed by atoms with E-state index in [0.29, 0.717) is 30.2 Å². The van der Waals surface area contributed by atoms with Crippen molar-refractivity contribution in [3.63, 3.8) is 0 Å². The third-order valence-electron chi connectivity index (χ3n) is 4.67. The second kappa shape index (κ2) is 6.86. The van der Waals surface area contributed by atoms with Gasteiger partial charge in [-0.3, -0.25) is 0 Å². The number of piperazine rings is 1. The predicted molar refractivity (Wildman–Crippen MR) is 93.9 cm³/mol. The molecule has 136 valence electrons. The zero-order valence-corrected chi connectivity index (χ0v) is 15.6. The van der Waals surface area contributed by atoms with E-state index in [0.717, 1.165) is 19.6 Å². The zero-order chi connectivity index (χ0) is 18.2. The summed E-state index contributed by atoms with van der Waals surface area (Å²) in [5.74, 6) is -0.341. The first-order chi connectivity index (χ1) is 11.8. The molecule has 0 aliphatic carbocycles. The number of aryl methyl sites for hydroxylation is 1. The van der Waals surface area contributed by atoms with Crippen LogP contribution in [0.2, 0.25) is 0 Å². The normalized spacial score (nSPS) is 17.1. The fraction of sp³-hybridized carbons (Fsp3) is 0.471. The molecule has 1 fully saturated rings. The molecule has 25 heavy (non-hydrogen) atoms. The smallest absolute Gasteiger partial charge is 0.246 e. The minimum absolute atomic E-state index is 0.252. The molecular weight excluding hydrogens is 343 g/mol. The van der Waals surface area contributed by atoms with Crippen molar-refractivity contribution in [1.29, 1.82) is 0 Å². The van der Waals surface area contributed by atoms with Gasteiger partial charge in [0.05, 0.1) is 17.1 Å². The van der Waals surface area contributed by atoms with Gasteiger partial charge < -0.3 is 4.90 Å². The van der Waals surface area contributed by atoms with Gasteiger partial charge in [-0.05, 0) is 44.7 Å². The molecule has 0 atom stereocenters. The van der Waals surface area contributed by atoms with Crippen molar-refractivity contribution in [1.82, 2.24) is 19.0 Å². The average molecular weight is 366 g/mol. The lowest BCUT2D eigenvalue weighted by molar-refractivity contribution is 0.196. The first-order valence-corrected chi connectivity index (χ1v) is 9.83. The van der Waals surface area contributed by atoms with Crippen molar-refractivity contribution < 1.29 is 12.8 Å². The maximum atomic E-state index is 13.1. The minimum atomic E-state index is -3.60. The van der Waals surface area contributed by atoms with Gasteiger partial charge in [0.25, 0.3) is 0 Å². The van der Waals surface area contributed by atoms with E-state index in [-0.39, 0.29) is 10.7 Å². The quantitative estimate of drug-likeness (QED) is 0.830. The zero-order valence-electron chi connectivity index (χ0n) is 14.7. The van der Waals surface area contributed by atoms with Crippen molar-refractivity contribution in [3.8, 4) is 5.69 Å². The Hall–Kier alpha value is -1.77. The highest BCUT2D eigenvalue weighted by molar-refractivity contribution is 7.89. The molecule has 1 aromatic carbocycles. The van der Waals surface area contributed by atoms with Crippen molar-refractivity contribution in [3.05, 3.63) is 41.5 Å². The van der Waals surface area contributed by atoms with E-state index < -0.39 is 10.0 Å². The van der Waals surface area contributed by atoms with E-state index in [2.05, 4.69) is 16.9 Å². The van der Waals surface area contributed by atoms with Crippen molar-refractivity contribution in [2.45, 2.75) is 25.7 Å². The van der Waals surface area contributed by atoms with Gasteiger partial charge in [0.15, 0.2) is 0 Å². The Morgan fingerprint density at radius 2 is 1.68 bits per heavy atom. The summed E-state index contributed by atoms with van der Waals surface area (Å²) in [5, 5.41) is 4.38. The lowest BCUT2D eigenvalue weighted by atomic mass is 10.3. The molecule has 1 aliphatic rings. The number of hydrogen-bond acceptors (Lipinski definition) is 4. The molecule has 2 aromatic rings. The van der Waals surface area contributed by atoms with E-state index >= 15 is 0 Å². The van der Waals surface area contributed by atoms with Gasteiger partial charge in [-0.2, -0.15) is 9.40 Å². The third kappa shape index (κ3) is 3.33. The molecule has 0 saturated carbocycles. The van der Waals surface area contributed by atoms with E-state index in [4.69, 9.17) is 0 Å². The highest BCUT2D eigenvalue weighted by atomic mass is 32.2. The minimum Gasteiger partial charge on any atom is -0.301 e. The topological polar surface area (TPSA) is 58.4 Å². The summed E-state index contributed by atoms with van der Waals surface area (Å²) in [6.45, 7) is 8.87. The Morgan fingerprint density at radius 1 is 1.08 bits per heavy atom. The van der Waals surface area contributed by atoms with Crippen molar-refractivity contribution in [2.75, 3.05) is 32.7 Å². The number of nitrogens with zero attached hydrogens (tertiary/aromatic N) is 4. The van der Waals surface area contributed by atoms with Gasteiger partial charge in [-0.25, -0.2) is 17.5 Å². The monoisotopic (exact) mass is 366 g/mol. The van der Waals surface area contributed by atoms with E-state index in [1.807, 2.05) is 0 Å². The number of hydrogen-bond donors (Lipinski definition) is 0. The molecule has 0 bridgehead atoms. The molecular formula is C17H23FN4O2S. The molecule has 2 heterocycles. The first kappa shape index (κ1) is 18.0. The van der Waals surface area contributed by atoms with Crippen LogP contribution in [0, 0.1) is 19.7 Å². The highest BCUT2D eigenvalue weighted by Gasteiger charge is 2.33. The van der Waals surface area contributed by atoms with Gasteiger partial charge in [-0.1, -0.05) is 6.92 Å². The van der Waals surface area contributed by atoms with Crippen LogP contribution >= 0.6 is 0 Å². The van der Waals surface area contributed by atoms with Crippen molar-refractivity contribution in [2.24, 2.45) is 0 Å². The van der Waals surface area contributed by atoms with E-state index in [9.17, 15) is 12.8 Å². The van der Waals surface area contributed by atoms with Gasteiger partial charge in [0, 0.05) is 26.2 Å². The predicted octanol–water partition coefficient (Wildman–Crippen LogP) is 1.95. The molecule has 6 nitrogen and oxygen atoms in total. The van der Waals surface area contributed by atoms with Crippen LogP contribution < -0.4 is 0 Å². The molecule has 3 rings (SSSR count). The molecule has 0 amide bonds. The second-order valence-electron chi connectivity index (χ2n) is 6.23. The van der Waals surface area contributed by atoms with Crippen LogP contribution in [0.25, 0.3) is 5.69 Å². The van der Waals surface area contributed by atoms with Crippen molar-refractivity contribution >= 4 is 10.0 Å². The number of likely N-dealkylation sites (N-methyl/N-ethyl adjacent to an activating group) is 1. The number of aromatic nitrogens is 2. The Morgan fingerprint density at radius 3 is 2.24 bits per heavy atom. The summed E-state index contributed by atoms with van der Waals surface area (Å²) in [4.78, 5) is 2.48. The van der Waals surface area contributed by atoms with Gasteiger partial charge >= 0.3 is 0 Å². The Kier molecular flexibility index (Phi) is 4.95. The maximum absolute atomic E-state index is 13.1. The lowest BCUT2D eigenvalue weighted by Gasteiger charge is -2.33.